The van der Waals surface area contributed by atoms with Gasteiger partial charge in [-0.2, -0.15) is 5.26 Å². The predicted octanol–water partition coefficient (Wildman–Crippen LogP) is 2.17. The molecule has 0 aliphatic heterocycles. The van der Waals surface area contributed by atoms with Gasteiger partial charge in [0, 0.05) is 5.56 Å². The van der Waals surface area contributed by atoms with Crippen LogP contribution < -0.4 is 0 Å². The maximum atomic E-state index is 11.1. The summed E-state index contributed by atoms with van der Waals surface area (Å²) in [7, 11) is 0. The standard InChI is InChI=1S/C14H13NO2/c1-3-17-14(16)9-5-7-12-6-4-8-13(10-15)11(12)2/h4,6,8H,3,9H2,1-2H3. The second-order valence-corrected chi connectivity index (χ2v) is 3.37. The van der Waals surface area contributed by atoms with Crippen LogP contribution in [0.5, 0.6) is 0 Å². The van der Waals surface area contributed by atoms with Crippen LogP contribution >= 0.6 is 0 Å². The van der Waals surface area contributed by atoms with E-state index in [1.54, 1.807) is 19.1 Å². The molecule has 1 aromatic rings. The molecule has 0 bridgehead atoms. The molecule has 0 fully saturated rings. The predicted molar refractivity (Wildman–Crippen MR) is 64.0 cm³/mol. The van der Waals surface area contributed by atoms with Crippen LogP contribution in [0, 0.1) is 30.1 Å². The fourth-order valence-corrected chi connectivity index (χ4v) is 1.32. The van der Waals surface area contributed by atoms with Gasteiger partial charge in [-0.1, -0.05) is 17.9 Å². The normalized spacial score (nSPS) is 8.76. The maximum Gasteiger partial charge on any atom is 0.317 e. The number of nitrogens with zero attached hydrogens (tertiary/aromatic N) is 1. The summed E-state index contributed by atoms with van der Waals surface area (Å²) in [5.74, 6) is 5.29. The topological polar surface area (TPSA) is 50.1 Å². The zero-order valence-electron chi connectivity index (χ0n) is 9.91. The Morgan fingerprint density at radius 3 is 2.76 bits per heavy atom. The summed E-state index contributed by atoms with van der Waals surface area (Å²) in [6.07, 6.45) is 0.0735. The van der Waals surface area contributed by atoms with Gasteiger partial charge in [0.05, 0.1) is 18.2 Å². The van der Waals surface area contributed by atoms with Crippen LogP contribution in [0.4, 0.5) is 0 Å². The Morgan fingerprint density at radius 1 is 1.41 bits per heavy atom. The van der Waals surface area contributed by atoms with Crippen molar-refractivity contribution in [3.05, 3.63) is 34.9 Å². The van der Waals surface area contributed by atoms with Gasteiger partial charge >= 0.3 is 5.97 Å². The number of carbonyl (C=O) groups is 1. The van der Waals surface area contributed by atoms with Crippen molar-refractivity contribution in [1.29, 1.82) is 5.26 Å². The number of nitriles is 1. The highest BCUT2D eigenvalue weighted by Gasteiger charge is 2.01. The first-order valence-corrected chi connectivity index (χ1v) is 5.33. The molecular weight excluding hydrogens is 214 g/mol. The maximum absolute atomic E-state index is 11.1. The van der Waals surface area contributed by atoms with Crippen LogP contribution in [0.3, 0.4) is 0 Å². The first-order chi connectivity index (χ1) is 8.19. The van der Waals surface area contributed by atoms with Crippen LogP contribution in [0.1, 0.15) is 30.0 Å². The third-order valence-electron chi connectivity index (χ3n) is 2.22. The molecule has 1 aromatic carbocycles. The summed E-state index contributed by atoms with van der Waals surface area (Å²) >= 11 is 0. The minimum absolute atomic E-state index is 0.0735. The Bertz CT molecular complexity index is 515. The van der Waals surface area contributed by atoms with Gasteiger partial charge in [-0.3, -0.25) is 4.79 Å². The van der Waals surface area contributed by atoms with E-state index in [1.807, 2.05) is 13.0 Å². The first kappa shape index (κ1) is 12.8. The molecule has 0 heterocycles. The number of carbonyl (C=O) groups excluding carboxylic acids is 1. The molecule has 0 saturated carbocycles. The van der Waals surface area contributed by atoms with Gasteiger partial charge in [0.1, 0.15) is 6.42 Å². The quantitative estimate of drug-likeness (QED) is 0.574. The van der Waals surface area contributed by atoms with Crippen molar-refractivity contribution in [2.24, 2.45) is 0 Å². The third kappa shape index (κ3) is 3.66. The van der Waals surface area contributed by atoms with Crippen molar-refractivity contribution < 1.29 is 9.53 Å². The highest BCUT2D eigenvalue weighted by Crippen LogP contribution is 2.11. The summed E-state index contributed by atoms with van der Waals surface area (Å²) in [5, 5.41) is 8.85. The molecule has 0 N–H and O–H groups in total. The van der Waals surface area contributed by atoms with Crippen LogP contribution in [0.25, 0.3) is 0 Å². The lowest BCUT2D eigenvalue weighted by molar-refractivity contribution is -0.141. The minimum Gasteiger partial charge on any atom is -0.465 e. The molecular formula is C14H13NO2. The number of hydrogen-bond donors (Lipinski definition) is 0. The van der Waals surface area contributed by atoms with Gasteiger partial charge in [-0.25, -0.2) is 0 Å². The first-order valence-electron chi connectivity index (χ1n) is 5.33. The van der Waals surface area contributed by atoms with Gasteiger partial charge in [0.15, 0.2) is 0 Å². The van der Waals surface area contributed by atoms with Crippen LogP contribution in [0.2, 0.25) is 0 Å². The highest BCUT2D eigenvalue weighted by molar-refractivity contribution is 5.72. The van der Waals surface area contributed by atoms with E-state index in [0.717, 1.165) is 11.1 Å². The second-order valence-electron chi connectivity index (χ2n) is 3.37. The molecule has 0 amide bonds. The number of esters is 1. The molecule has 0 aliphatic rings. The third-order valence-corrected chi connectivity index (χ3v) is 2.22. The van der Waals surface area contributed by atoms with Crippen LogP contribution in [-0.4, -0.2) is 12.6 Å². The zero-order valence-corrected chi connectivity index (χ0v) is 9.91. The van der Waals surface area contributed by atoms with E-state index in [-0.39, 0.29) is 12.4 Å². The van der Waals surface area contributed by atoms with Gasteiger partial charge < -0.3 is 4.74 Å². The monoisotopic (exact) mass is 227 g/mol. The molecule has 3 heteroatoms. The molecule has 86 valence electrons. The van der Waals surface area contributed by atoms with E-state index in [0.29, 0.717) is 12.2 Å². The summed E-state index contributed by atoms with van der Waals surface area (Å²) in [6.45, 7) is 3.96. The molecule has 0 aliphatic carbocycles. The van der Waals surface area contributed by atoms with Crippen molar-refractivity contribution >= 4 is 5.97 Å². The van der Waals surface area contributed by atoms with Gasteiger partial charge in [0.25, 0.3) is 0 Å². The lowest BCUT2D eigenvalue weighted by atomic mass is 10.0. The summed E-state index contributed by atoms with van der Waals surface area (Å²) in [5.41, 5.74) is 2.22. The minimum atomic E-state index is -0.325. The molecule has 0 radical (unpaired) electrons. The number of hydrogen-bond acceptors (Lipinski definition) is 3. The molecule has 0 saturated heterocycles. The van der Waals surface area contributed by atoms with Crippen molar-refractivity contribution in [3.8, 4) is 17.9 Å². The van der Waals surface area contributed by atoms with E-state index < -0.39 is 0 Å². The lowest BCUT2D eigenvalue weighted by Crippen LogP contribution is -2.01. The molecule has 17 heavy (non-hydrogen) atoms. The summed E-state index contributed by atoms with van der Waals surface area (Å²) in [6, 6.07) is 7.44. The Kier molecular flexibility index (Phi) is 4.78. The smallest absolute Gasteiger partial charge is 0.317 e. The van der Waals surface area contributed by atoms with E-state index in [4.69, 9.17) is 10.00 Å². The highest BCUT2D eigenvalue weighted by atomic mass is 16.5. The molecule has 3 nitrogen and oxygen atoms in total. The van der Waals surface area contributed by atoms with Crippen LogP contribution in [0.15, 0.2) is 18.2 Å². The summed E-state index contributed by atoms with van der Waals surface area (Å²) in [4.78, 5) is 11.1. The Morgan fingerprint density at radius 2 is 2.12 bits per heavy atom. The van der Waals surface area contributed by atoms with Crippen LogP contribution in [-0.2, 0) is 9.53 Å². The largest absolute Gasteiger partial charge is 0.465 e. The fourth-order valence-electron chi connectivity index (χ4n) is 1.32. The fraction of sp³-hybridized carbons (Fsp3) is 0.286. The SMILES string of the molecule is CCOC(=O)CC#Cc1cccc(C#N)c1C. The molecule has 0 atom stereocenters. The Labute approximate surface area is 101 Å². The van der Waals surface area contributed by atoms with Crippen molar-refractivity contribution in [2.75, 3.05) is 6.61 Å². The number of ether oxygens (including phenoxy) is 1. The molecule has 0 spiro atoms. The summed E-state index contributed by atoms with van der Waals surface area (Å²) < 4.78 is 4.76. The van der Waals surface area contributed by atoms with Gasteiger partial charge in [-0.05, 0) is 31.5 Å². The Hall–Kier alpha value is -2.26. The van der Waals surface area contributed by atoms with Crippen molar-refractivity contribution in [3.63, 3.8) is 0 Å². The Balaban J connectivity index is 2.80. The molecule has 1 rings (SSSR count). The lowest BCUT2D eigenvalue weighted by Gasteiger charge is -1.99. The number of rotatable bonds is 2. The van der Waals surface area contributed by atoms with E-state index in [1.165, 1.54) is 0 Å². The van der Waals surface area contributed by atoms with E-state index in [9.17, 15) is 4.79 Å². The average molecular weight is 227 g/mol. The van der Waals surface area contributed by atoms with Crippen molar-refractivity contribution in [1.82, 2.24) is 0 Å². The van der Waals surface area contributed by atoms with E-state index in [2.05, 4.69) is 17.9 Å². The average Bonchev–Trinajstić information content (AvgIpc) is 2.32. The second kappa shape index (κ2) is 6.35. The molecule has 0 unspecified atom stereocenters. The van der Waals surface area contributed by atoms with E-state index >= 15 is 0 Å². The van der Waals surface area contributed by atoms with Crippen molar-refractivity contribution in [2.45, 2.75) is 20.3 Å². The number of benzene rings is 1. The van der Waals surface area contributed by atoms with Gasteiger partial charge in [0.2, 0.25) is 0 Å². The van der Waals surface area contributed by atoms with Gasteiger partial charge in [-0.15, -0.1) is 0 Å². The zero-order chi connectivity index (χ0) is 12.7. The molecule has 0 aromatic heterocycles.